The molecule has 3 amide bonds. The van der Waals surface area contributed by atoms with Crippen LogP contribution in [0, 0.1) is 0 Å². The molecule has 2 heterocycles. The number of amides is 3. The van der Waals surface area contributed by atoms with Gasteiger partial charge in [0, 0.05) is 36.5 Å². The lowest BCUT2D eigenvalue weighted by atomic mass is 10.1. The zero-order valence-electron chi connectivity index (χ0n) is 22.5. The van der Waals surface area contributed by atoms with Crippen LogP contribution >= 0.6 is 0 Å². The van der Waals surface area contributed by atoms with Crippen molar-refractivity contribution >= 4 is 40.6 Å². The monoisotopic (exact) mass is 580 g/mol. The molecule has 42 heavy (non-hydrogen) atoms. The van der Waals surface area contributed by atoms with Gasteiger partial charge in [-0.3, -0.25) is 19.2 Å². The number of carbonyl (C=O) groups is 5. The zero-order chi connectivity index (χ0) is 30.2. The summed E-state index contributed by atoms with van der Waals surface area (Å²) in [5.41, 5.74) is 2.53. The van der Waals surface area contributed by atoms with Crippen LogP contribution in [0.15, 0.2) is 54.7 Å². The fourth-order valence-corrected chi connectivity index (χ4v) is 4.59. The predicted octanol–water partition coefficient (Wildman–Crippen LogP) is 0.851. The minimum absolute atomic E-state index is 0.0131. The number of para-hydroxylation sites is 1. The molecule has 1 fully saturated rings. The number of benzene rings is 2. The van der Waals surface area contributed by atoms with E-state index in [4.69, 9.17) is 9.84 Å². The van der Waals surface area contributed by atoms with Crippen LogP contribution in [0.1, 0.15) is 30.4 Å². The Morgan fingerprint density at radius 1 is 0.905 bits per heavy atom. The van der Waals surface area contributed by atoms with Crippen molar-refractivity contribution in [3.63, 3.8) is 0 Å². The van der Waals surface area contributed by atoms with E-state index in [0.717, 1.165) is 16.5 Å². The number of aromatic hydroxyl groups is 1. The van der Waals surface area contributed by atoms with E-state index >= 15 is 0 Å². The quantitative estimate of drug-likeness (QED) is 0.127. The summed E-state index contributed by atoms with van der Waals surface area (Å²) in [6.07, 6.45) is -0.165. The van der Waals surface area contributed by atoms with Gasteiger partial charge in [-0.2, -0.15) is 0 Å². The zero-order valence-corrected chi connectivity index (χ0v) is 22.5. The van der Waals surface area contributed by atoms with Gasteiger partial charge in [0.25, 0.3) is 11.8 Å². The maximum atomic E-state index is 12.9. The van der Waals surface area contributed by atoms with Crippen LogP contribution in [-0.2, 0) is 41.6 Å². The number of epoxide rings is 1. The second-order valence-corrected chi connectivity index (χ2v) is 9.99. The van der Waals surface area contributed by atoms with Crippen molar-refractivity contribution in [1.82, 2.24) is 20.9 Å². The van der Waals surface area contributed by atoms with Gasteiger partial charge in [-0.15, -0.1) is 0 Å². The van der Waals surface area contributed by atoms with Gasteiger partial charge in [0.1, 0.15) is 17.8 Å². The summed E-state index contributed by atoms with van der Waals surface area (Å²) in [6, 6.07) is 11.2. The molecule has 7 N–H and O–H groups in total. The Hall–Kier alpha value is -4.91. The number of phenolic OH excluding ortho intramolecular Hbond substituents is 1. The Balaban J connectivity index is 1.30. The Morgan fingerprint density at radius 3 is 2.24 bits per heavy atom. The fourth-order valence-electron chi connectivity index (χ4n) is 4.59. The van der Waals surface area contributed by atoms with Gasteiger partial charge in [0.05, 0.1) is 0 Å². The summed E-state index contributed by atoms with van der Waals surface area (Å²) in [6.45, 7) is 0.272. The van der Waals surface area contributed by atoms with E-state index in [0.29, 0.717) is 12.0 Å². The lowest BCUT2D eigenvalue weighted by molar-refractivity contribution is -0.142. The van der Waals surface area contributed by atoms with Gasteiger partial charge >= 0.3 is 11.9 Å². The smallest absolute Gasteiger partial charge is 0.326 e. The molecule has 13 heteroatoms. The number of H-pyrrole nitrogens is 1. The van der Waals surface area contributed by atoms with E-state index in [1.807, 2.05) is 30.5 Å². The third-order valence-corrected chi connectivity index (χ3v) is 6.88. The van der Waals surface area contributed by atoms with Crippen molar-refractivity contribution in [2.45, 2.75) is 56.4 Å². The standard InChI is InChI=1S/C29H32N4O9/c34-18-10-8-16(9-11-18)14-22(29(40)41)33-28(39)25-24(42-25)27(38)32-21(6-3-7-23(35)36)26(37)30-13-12-17-15-31-20-5-2-1-4-19(17)20/h1-2,4-5,8-11,15,21-22,24-25,31,34H,3,6-7,12-14H2,(H,30,37)(H,32,38)(H,33,39)(H,35,36)(H,40,41)/t21-,22-,24-,25-/m0/s1. The molecular weight excluding hydrogens is 548 g/mol. The molecule has 1 saturated heterocycles. The molecule has 0 bridgehead atoms. The van der Waals surface area contributed by atoms with E-state index in [9.17, 15) is 34.2 Å². The molecule has 4 atom stereocenters. The third-order valence-electron chi connectivity index (χ3n) is 6.88. The Kier molecular flexibility index (Phi) is 9.76. The average Bonchev–Trinajstić information content (AvgIpc) is 3.67. The van der Waals surface area contributed by atoms with Crippen molar-refractivity contribution in [3.8, 4) is 5.75 Å². The van der Waals surface area contributed by atoms with E-state index in [2.05, 4.69) is 20.9 Å². The molecule has 222 valence electrons. The highest BCUT2D eigenvalue weighted by Gasteiger charge is 2.51. The Morgan fingerprint density at radius 2 is 1.57 bits per heavy atom. The van der Waals surface area contributed by atoms with E-state index in [1.54, 1.807) is 0 Å². The highest BCUT2D eigenvalue weighted by Crippen LogP contribution is 2.23. The van der Waals surface area contributed by atoms with Crippen molar-refractivity contribution in [2.75, 3.05) is 6.54 Å². The minimum atomic E-state index is -1.30. The van der Waals surface area contributed by atoms with Crippen LogP contribution in [0.2, 0.25) is 0 Å². The number of hydrogen-bond acceptors (Lipinski definition) is 7. The van der Waals surface area contributed by atoms with Crippen molar-refractivity contribution in [3.05, 3.63) is 65.9 Å². The number of aromatic amines is 1. The molecule has 0 aliphatic carbocycles. The summed E-state index contributed by atoms with van der Waals surface area (Å²) in [4.78, 5) is 64.2. The van der Waals surface area contributed by atoms with Gasteiger partial charge in [0.2, 0.25) is 5.91 Å². The number of nitrogens with one attached hydrogen (secondary N) is 4. The molecule has 4 rings (SSSR count). The normalized spacial score (nSPS) is 17.1. The summed E-state index contributed by atoms with van der Waals surface area (Å²) in [5.74, 6) is -4.36. The first-order valence-electron chi connectivity index (χ1n) is 13.4. The second-order valence-electron chi connectivity index (χ2n) is 9.99. The van der Waals surface area contributed by atoms with Crippen LogP contribution in [0.4, 0.5) is 0 Å². The van der Waals surface area contributed by atoms with E-state index < -0.39 is 54.0 Å². The van der Waals surface area contributed by atoms with E-state index in [-0.39, 0.29) is 38.0 Å². The number of carbonyl (C=O) groups excluding carboxylic acids is 3. The van der Waals surface area contributed by atoms with E-state index in [1.165, 1.54) is 24.3 Å². The Bertz CT molecular complexity index is 1450. The highest BCUT2D eigenvalue weighted by molar-refractivity contribution is 5.98. The molecular formula is C29H32N4O9. The van der Waals surface area contributed by atoms with Crippen LogP contribution in [0.3, 0.4) is 0 Å². The molecule has 13 nitrogen and oxygen atoms in total. The molecule has 1 aliphatic rings. The first kappa shape index (κ1) is 30.1. The molecule has 2 aromatic carbocycles. The molecule has 0 radical (unpaired) electrons. The molecule has 3 aromatic rings. The topological polar surface area (TPSA) is 210 Å². The van der Waals surface area contributed by atoms with Crippen LogP contribution in [-0.4, -0.2) is 80.8 Å². The number of hydrogen-bond donors (Lipinski definition) is 7. The predicted molar refractivity (Wildman–Crippen MR) is 148 cm³/mol. The fraction of sp³-hybridized carbons (Fsp3) is 0.345. The lowest BCUT2D eigenvalue weighted by Crippen LogP contribution is -2.49. The largest absolute Gasteiger partial charge is 0.508 e. The summed E-state index contributed by atoms with van der Waals surface area (Å²) < 4.78 is 5.20. The SMILES string of the molecule is O=C(O)CCC[C@H](NC(=O)[C@H]1O[C@@H]1C(=O)N[C@@H](Cc1ccc(O)cc1)C(=O)O)C(=O)NCCc1c[nH]c2ccccc12. The number of phenols is 1. The number of carboxylic acid groups (broad SMARTS) is 2. The van der Waals surface area contributed by atoms with Crippen molar-refractivity contribution < 1.29 is 44.0 Å². The highest BCUT2D eigenvalue weighted by atomic mass is 16.6. The molecule has 0 saturated carbocycles. The van der Waals surface area contributed by atoms with Crippen LogP contribution in [0.5, 0.6) is 5.75 Å². The van der Waals surface area contributed by atoms with Gasteiger partial charge in [-0.1, -0.05) is 30.3 Å². The van der Waals surface area contributed by atoms with Crippen LogP contribution < -0.4 is 16.0 Å². The average molecular weight is 581 g/mol. The van der Waals surface area contributed by atoms with Gasteiger partial charge in [-0.25, -0.2) is 4.79 Å². The maximum Gasteiger partial charge on any atom is 0.326 e. The number of ether oxygens (including phenoxy) is 1. The number of rotatable bonds is 15. The number of aromatic nitrogens is 1. The summed E-state index contributed by atoms with van der Waals surface area (Å²) in [7, 11) is 0. The van der Waals surface area contributed by atoms with Gasteiger partial charge < -0.3 is 41.0 Å². The Labute approximate surface area is 240 Å². The first-order valence-corrected chi connectivity index (χ1v) is 13.4. The van der Waals surface area contributed by atoms with Crippen LogP contribution in [0.25, 0.3) is 10.9 Å². The van der Waals surface area contributed by atoms with Crippen molar-refractivity contribution in [1.29, 1.82) is 0 Å². The number of aliphatic carboxylic acids is 2. The van der Waals surface area contributed by atoms with Crippen molar-refractivity contribution in [2.24, 2.45) is 0 Å². The molecule has 1 aromatic heterocycles. The first-order chi connectivity index (χ1) is 20.1. The summed E-state index contributed by atoms with van der Waals surface area (Å²) in [5, 5.41) is 36.6. The van der Waals surface area contributed by atoms with Gasteiger partial charge in [0.15, 0.2) is 12.2 Å². The second kappa shape index (κ2) is 13.6. The number of carboxylic acids is 2. The number of fused-ring (bicyclic) bond motifs is 1. The molecule has 0 unspecified atom stereocenters. The maximum absolute atomic E-state index is 12.9. The lowest BCUT2D eigenvalue weighted by Gasteiger charge is -2.18. The molecule has 0 spiro atoms. The van der Waals surface area contributed by atoms with Gasteiger partial charge in [-0.05, 0) is 48.6 Å². The molecule has 1 aliphatic heterocycles. The minimum Gasteiger partial charge on any atom is -0.508 e. The summed E-state index contributed by atoms with van der Waals surface area (Å²) >= 11 is 0. The third kappa shape index (κ3) is 8.07.